The van der Waals surface area contributed by atoms with E-state index in [2.05, 4.69) is 74.5 Å². The predicted molar refractivity (Wildman–Crippen MR) is 146 cm³/mol. The highest BCUT2D eigenvalue weighted by Crippen LogP contribution is 2.34. The maximum absolute atomic E-state index is 5.97. The number of methoxy groups -OCH3 is 1. The van der Waals surface area contributed by atoms with Crippen molar-refractivity contribution in [2.45, 2.75) is 71.1 Å². The molecule has 3 nitrogen and oxygen atoms in total. The molecule has 0 spiro atoms. The number of benzene rings is 3. The normalized spacial score (nSPS) is 11.0. The summed E-state index contributed by atoms with van der Waals surface area (Å²) < 4.78 is 17.3. The highest BCUT2D eigenvalue weighted by molar-refractivity contribution is 5.46. The monoisotopic (exact) mass is 474 g/mol. The summed E-state index contributed by atoms with van der Waals surface area (Å²) in [4.78, 5) is 0. The molecule has 0 heterocycles. The lowest BCUT2D eigenvalue weighted by Gasteiger charge is -2.20. The number of hydrogen-bond donors (Lipinski definition) is 0. The summed E-state index contributed by atoms with van der Waals surface area (Å²) in [6.45, 7) is 6.02. The van der Waals surface area contributed by atoms with Gasteiger partial charge in [0.25, 0.3) is 0 Å². The molecular weight excluding hydrogens is 432 g/mol. The Bertz CT molecular complexity index is 888. The van der Waals surface area contributed by atoms with Crippen molar-refractivity contribution in [2.75, 3.05) is 20.3 Å². The topological polar surface area (TPSA) is 27.7 Å². The highest BCUT2D eigenvalue weighted by Gasteiger charge is 2.17. The molecule has 0 N–H and O–H groups in total. The Balaban J connectivity index is 1.73. The van der Waals surface area contributed by atoms with Crippen LogP contribution in [0.3, 0.4) is 0 Å². The molecule has 0 fully saturated rings. The zero-order chi connectivity index (χ0) is 24.7. The van der Waals surface area contributed by atoms with E-state index < -0.39 is 0 Å². The van der Waals surface area contributed by atoms with Crippen molar-refractivity contribution < 1.29 is 14.2 Å². The molecule has 3 aromatic carbocycles. The number of hydrogen-bond acceptors (Lipinski definition) is 3. The number of rotatable bonds is 16. The van der Waals surface area contributed by atoms with E-state index in [4.69, 9.17) is 14.2 Å². The molecule has 0 radical (unpaired) electrons. The lowest BCUT2D eigenvalue weighted by atomic mass is 9.85. The Morgan fingerprint density at radius 2 is 0.857 bits per heavy atom. The SMILES string of the molecule is CCCCCCOc1ccc(C(c2ccc(OC)cc2)c2ccc(OCCCCCC)cc2)cc1. The van der Waals surface area contributed by atoms with Crippen LogP contribution in [-0.4, -0.2) is 20.3 Å². The molecule has 0 aliphatic carbocycles. The maximum atomic E-state index is 5.97. The van der Waals surface area contributed by atoms with Crippen LogP contribution >= 0.6 is 0 Å². The van der Waals surface area contributed by atoms with Crippen LogP contribution in [0.1, 0.15) is 87.8 Å². The molecule has 0 unspecified atom stereocenters. The fourth-order valence-corrected chi connectivity index (χ4v) is 4.32. The first kappa shape index (κ1) is 26.7. The van der Waals surface area contributed by atoms with Gasteiger partial charge in [-0.05, 0) is 65.9 Å². The molecule has 0 saturated heterocycles. The van der Waals surface area contributed by atoms with E-state index in [1.807, 2.05) is 12.1 Å². The van der Waals surface area contributed by atoms with Gasteiger partial charge < -0.3 is 14.2 Å². The lowest BCUT2D eigenvalue weighted by Crippen LogP contribution is -2.04. The van der Waals surface area contributed by atoms with Crippen molar-refractivity contribution in [1.82, 2.24) is 0 Å². The molecule has 0 aliphatic rings. The zero-order valence-electron chi connectivity index (χ0n) is 21.8. The van der Waals surface area contributed by atoms with Gasteiger partial charge in [-0.2, -0.15) is 0 Å². The van der Waals surface area contributed by atoms with E-state index >= 15 is 0 Å². The average Bonchev–Trinajstić information content (AvgIpc) is 2.91. The molecule has 0 atom stereocenters. The summed E-state index contributed by atoms with van der Waals surface area (Å²) in [7, 11) is 1.70. The van der Waals surface area contributed by atoms with Gasteiger partial charge in [0.05, 0.1) is 20.3 Å². The lowest BCUT2D eigenvalue weighted by molar-refractivity contribution is 0.305. The molecule has 0 aromatic heterocycles. The van der Waals surface area contributed by atoms with E-state index in [1.165, 1.54) is 55.2 Å². The number of unbranched alkanes of at least 4 members (excludes halogenated alkanes) is 6. The fourth-order valence-electron chi connectivity index (χ4n) is 4.32. The van der Waals surface area contributed by atoms with E-state index in [9.17, 15) is 0 Å². The third-order valence-electron chi connectivity index (χ3n) is 6.41. The molecule has 0 bridgehead atoms. The van der Waals surface area contributed by atoms with E-state index in [0.717, 1.165) is 43.3 Å². The smallest absolute Gasteiger partial charge is 0.119 e. The van der Waals surface area contributed by atoms with Gasteiger partial charge >= 0.3 is 0 Å². The number of ether oxygens (including phenoxy) is 3. The maximum Gasteiger partial charge on any atom is 0.119 e. The first-order chi connectivity index (χ1) is 17.2. The van der Waals surface area contributed by atoms with Crippen molar-refractivity contribution >= 4 is 0 Å². The Morgan fingerprint density at radius 1 is 0.486 bits per heavy atom. The van der Waals surface area contributed by atoms with Gasteiger partial charge in [-0.1, -0.05) is 88.8 Å². The predicted octanol–water partition coefficient (Wildman–Crippen LogP) is 8.79. The van der Waals surface area contributed by atoms with Crippen LogP contribution in [0.25, 0.3) is 0 Å². The second-order valence-corrected chi connectivity index (χ2v) is 9.16. The molecule has 3 aromatic rings. The summed E-state index contributed by atoms with van der Waals surface area (Å²) >= 11 is 0. The second kappa shape index (κ2) is 15.1. The summed E-state index contributed by atoms with van der Waals surface area (Å²) in [6.07, 6.45) is 9.71. The van der Waals surface area contributed by atoms with Crippen molar-refractivity contribution in [3.05, 3.63) is 89.5 Å². The van der Waals surface area contributed by atoms with E-state index in [0.29, 0.717) is 0 Å². The van der Waals surface area contributed by atoms with Crippen LogP contribution in [0.15, 0.2) is 72.8 Å². The molecular formula is C32H42O3. The first-order valence-corrected chi connectivity index (χ1v) is 13.3. The Kier molecular flexibility index (Phi) is 11.5. The van der Waals surface area contributed by atoms with Crippen LogP contribution < -0.4 is 14.2 Å². The van der Waals surface area contributed by atoms with Crippen LogP contribution in [-0.2, 0) is 0 Å². The van der Waals surface area contributed by atoms with Gasteiger partial charge in [0.1, 0.15) is 17.2 Å². The van der Waals surface area contributed by atoms with Gasteiger partial charge in [0, 0.05) is 5.92 Å². The van der Waals surface area contributed by atoms with E-state index in [1.54, 1.807) is 7.11 Å². The van der Waals surface area contributed by atoms with Gasteiger partial charge in [-0.25, -0.2) is 0 Å². The quantitative estimate of drug-likeness (QED) is 0.153. The minimum atomic E-state index is 0.123. The van der Waals surface area contributed by atoms with Crippen LogP contribution in [0.4, 0.5) is 0 Å². The third kappa shape index (κ3) is 8.65. The van der Waals surface area contributed by atoms with Crippen LogP contribution in [0.5, 0.6) is 17.2 Å². The molecule has 188 valence electrons. The Labute approximate surface area is 212 Å². The first-order valence-electron chi connectivity index (χ1n) is 13.3. The molecule has 0 aliphatic heterocycles. The summed E-state index contributed by atoms with van der Waals surface area (Å²) in [5.74, 6) is 2.86. The van der Waals surface area contributed by atoms with Gasteiger partial charge in [0.15, 0.2) is 0 Å². The minimum absolute atomic E-state index is 0.123. The summed E-state index contributed by atoms with van der Waals surface area (Å²) in [5.41, 5.74) is 3.70. The molecule has 35 heavy (non-hydrogen) atoms. The summed E-state index contributed by atoms with van der Waals surface area (Å²) in [6, 6.07) is 25.5. The largest absolute Gasteiger partial charge is 0.497 e. The van der Waals surface area contributed by atoms with E-state index in [-0.39, 0.29) is 5.92 Å². The molecule has 0 amide bonds. The van der Waals surface area contributed by atoms with Crippen molar-refractivity contribution in [2.24, 2.45) is 0 Å². The van der Waals surface area contributed by atoms with Gasteiger partial charge in [0.2, 0.25) is 0 Å². The zero-order valence-corrected chi connectivity index (χ0v) is 21.8. The van der Waals surface area contributed by atoms with Crippen LogP contribution in [0.2, 0.25) is 0 Å². The molecule has 0 saturated carbocycles. The minimum Gasteiger partial charge on any atom is -0.497 e. The van der Waals surface area contributed by atoms with Gasteiger partial charge in [-0.3, -0.25) is 0 Å². The van der Waals surface area contributed by atoms with Crippen molar-refractivity contribution in [3.63, 3.8) is 0 Å². The standard InChI is InChI=1S/C32H42O3/c1-4-6-8-10-24-34-30-20-14-27(15-21-30)32(26-12-18-29(33-3)19-13-26)28-16-22-31(23-17-28)35-25-11-9-7-5-2/h12-23,32H,4-11,24-25H2,1-3H3. The van der Waals surface area contributed by atoms with Crippen molar-refractivity contribution in [1.29, 1.82) is 0 Å². The second-order valence-electron chi connectivity index (χ2n) is 9.16. The molecule has 3 heteroatoms. The van der Waals surface area contributed by atoms with Crippen LogP contribution in [0, 0.1) is 0 Å². The average molecular weight is 475 g/mol. The Morgan fingerprint density at radius 3 is 1.20 bits per heavy atom. The summed E-state index contributed by atoms with van der Waals surface area (Å²) in [5, 5.41) is 0. The Hall–Kier alpha value is -2.94. The highest BCUT2D eigenvalue weighted by atomic mass is 16.5. The van der Waals surface area contributed by atoms with Gasteiger partial charge in [-0.15, -0.1) is 0 Å². The molecule has 3 rings (SSSR count). The van der Waals surface area contributed by atoms with Crippen molar-refractivity contribution in [3.8, 4) is 17.2 Å². The fraction of sp³-hybridized carbons (Fsp3) is 0.438. The third-order valence-corrected chi connectivity index (χ3v) is 6.41.